The van der Waals surface area contributed by atoms with Gasteiger partial charge in [-0.15, -0.1) is 0 Å². The van der Waals surface area contributed by atoms with Crippen LogP contribution < -0.4 is 15.6 Å². The maximum atomic E-state index is 12.6. The van der Waals surface area contributed by atoms with E-state index in [0.29, 0.717) is 18.2 Å². The molecule has 1 fully saturated rings. The maximum Gasteiger partial charge on any atom is 0.280 e. The van der Waals surface area contributed by atoms with Gasteiger partial charge in [-0.05, 0) is 56.0 Å². The summed E-state index contributed by atoms with van der Waals surface area (Å²) in [6, 6.07) is 11.9. The molecule has 2 aromatic rings. The predicted molar refractivity (Wildman–Crippen MR) is 120 cm³/mol. The fraction of sp³-hybridized carbons (Fsp3) is 0.400. The summed E-state index contributed by atoms with van der Waals surface area (Å²) in [4.78, 5) is 25.0. The van der Waals surface area contributed by atoms with E-state index in [-0.39, 0.29) is 5.57 Å². The van der Waals surface area contributed by atoms with Crippen LogP contribution in [0.4, 0.5) is 0 Å². The average Bonchev–Trinajstić information content (AvgIpc) is 3.36. The first kappa shape index (κ1) is 21.7. The zero-order chi connectivity index (χ0) is 22.7. The zero-order valence-corrected chi connectivity index (χ0v) is 18.5. The summed E-state index contributed by atoms with van der Waals surface area (Å²) in [6.45, 7) is 4.09. The first-order valence-electron chi connectivity index (χ1n) is 11.1. The van der Waals surface area contributed by atoms with Crippen LogP contribution in [0.25, 0.3) is 6.08 Å². The molecule has 0 radical (unpaired) electrons. The van der Waals surface area contributed by atoms with Crippen molar-refractivity contribution < 1.29 is 14.3 Å². The van der Waals surface area contributed by atoms with Crippen molar-refractivity contribution in [3.05, 3.63) is 58.4 Å². The number of nitrogens with zero attached hydrogens (tertiary/aromatic N) is 2. The molecule has 0 bridgehead atoms. The number of rotatable bonds is 4. The number of benzene rings is 1. The summed E-state index contributed by atoms with van der Waals surface area (Å²) >= 11 is 0. The molecule has 0 saturated heterocycles. The third-order valence-electron chi connectivity index (χ3n) is 6.37. The SMILES string of the molecule is Cc1cc(/C=C(/C#N)C(=O)NNC(=O)C2Cc3ccccc3O2)c(C)n1C1CCCCC1. The fourth-order valence-electron chi connectivity index (χ4n) is 4.75. The first-order valence-corrected chi connectivity index (χ1v) is 11.1. The Hall–Kier alpha value is -3.53. The van der Waals surface area contributed by atoms with Crippen LogP contribution in [-0.4, -0.2) is 22.5 Å². The molecule has 2 N–H and O–H groups in total. The van der Waals surface area contributed by atoms with Gasteiger partial charge < -0.3 is 9.30 Å². The number of aryl methyl sites for hydroxylation is 1. The number of amides is 2. The summed E-state index contributed by atoms with van der Waals surface area (Å²) in [5.74, 6) is -0.439. The number of hydrogen-bond acceptors (Lipinski definition) is 4. The van der Waals surface area contributed by atoms with Gasteiger partial charge in [-0.1, -0.05) is 37.5 Å². The van der Waals surface area contributed by atoms with Crippen molar-refractivity contribution in [1.82, 2.24) is 15.4 Å². The monoisotopic (exact) mass is 432 g/mol. The van der Waals surface area contributed by atoms with Crippen LogP contribution in [0.2, 0.25) is 0 Å². The summed E-state index contributed by atoms with van der Waals surface area (Å²) in [5.41, 5.74) is 8.64. The van der Waals surface area contributed by atoms with Crippen molar-refractivity contribution in [2.45, 2.75) is 64.5 Å². The minimum absolute atomic E-state index is 0.0650. The number of fused-ring (bicyclic) bond motifs is 1. The molecule has 1 aliphatic carbocycles. The van der Waals surface area contributed by atoms with Crippen molar-refractivity contribution in [3.63, 3.8) is 0 Å². The number of ether oxygens (including phenoxy) is 1. The van der Waals surface area contributed by atoms with Gasteiger partial charge in [0.05, 0.1) is 0 Å². The predicted octanol–water partition coefficient (Wildman–Crippen LogP) is 3.67. The van der Waals surface area contributed by atoms with Gasteiger partial charge in [0, 0.05) is 23.9 Å². The van der Waals surface area contributed by atoms with Gasteiger partial charge in [-0.3, -0.25) is 20.4 Å². The van der Waals surface area contributed by atoms with Gasteiger partial charge >= 0.3 is 0 Å². The van der Waals surface area contributed by atoms with E-state index in [1.165, 1.54) is 19.3 Å². The molecule has 0 spiro atoms. The smallest absolute Gasteiger partial charge is 0.280 e. The molecular formula is C25H28N4O3. The summed E-state index contributed by atoms with van der Waals surface area (Å²) in [7, 11) is 0. The number of aromatic nitrogens is 1. The van der Waals surface area contributed by atoms with Crippen LogP contribution in [-0.2, 0) is 16.0 Å². The molecule has 166 valence electrons. The van der Waals surface area contributed by atoms with Crippen molar-refractivity contribution in [2.75, 3.05) is 0 Å². The molecule has 2 heterocycles. The van der Waals surface area contributed by atoms with E-state index in [1.54, 1.807) is 6.08 Å². The molecule has 4 rings (SSSR count). The van der Waals surface area contributed by atoms with Crippen molar-refractivity contribution in [3.8, 4) is 11.8 Å². The lowest BCUT2D eigenvalue weighted by atomic mass is 9.95. The number of carbonyl (C=O) groups is 2. The van der Waals surface area contributed by atoms with Crippen molar-refractivity contribution >= 4 is 17.9 Å². The van der Waals surface area contributed by atoms with E-state index < -0.39 is 17.9 Å². The maximum absolute atomic E-state index is 12.6. The molecule has 1 aromatic heterocycles. The quantitative estimate of drug-likeness (QED) is 0.438. The molecule has 7 nitrogen and oxygen atoms in total. The lowest BCUT2D eigenvalue weighted by molar-refractivity contribution is -0.131. The van der Waals surface area contributed by atoms with Crippen molar-refractivity contribution in [2.24, 2.45) is 0 Å². The Morgan fingerprint density at radius 3 is 2.62 bits per heavy atom. The fourth-order valence-corrected chi connectivity index (χ4v) is 4.75. The van der Waals surface area contributed by atoms with Crippen LogP contribution in [0, 0.1) is 25.2 Å². The van der Waals surface area contributed by atoms with E-state index >= 15 is 0 Å². The second-order valence-electron chi connectivity index (χ2n) is 8.52. The third-order valence-corrected chi connectivity index (χ3v) is 6.37. The van der Waals surface area contributed by atoms with E-state index in [9.17, 15) is 14.9 Å². The average molecular weight is 433 g/mol. The highest BCUT2D eigenvalue weighted by Crippen LogP contribution is 2.32. The first-order chi connectivity index (χ1) is 15.5. The van der Waals surface area contributed by atoms with Crippen molar-refractivity contribution in [1.29, 1.82) is 5.26 Å². The van der Waals surface area contributed by atoms with E-state index in [2.05, 4.69) is 22.3 Å². The molecule has 32 heavy (non-hydrogen) atoms. The highest BCUT2D eigenvalue weighted by Gasteiger charge is 2.29. The molecule has 1 atom stereocenters. The van der Waals surface area contributed by atoms with Crippen LogP contribution in [0.3, 0.4) is 0 Å². The van der Waals surface area contributed by atoms with Crippen LogP contribution >= 0.6 is 0 Å². The molecule has 7 heteroatoms. The van der Waals surface area contributed by atoms with Gasteiger partial charge in [0.25, 0.3) is 11.8 Å². The third kappa shape index (κ3) is 4.40. The second-order valence-corrected chi connectivity index (χ2v) is 8.52. The van der Waals surface area contributed by atoms with Gasteiger partial charge in [-0.25, -0.2) is 0 Å². The van der Waals surface area contributed by atoms with Gasteiger partial charge in [0.2, 0.25) is 0 Å². The molecule has 1 aromatic carbocycles. The van der Waals surface area contributed by atoms with Crippen LogP contribution in [0.1, 0.15) is 60.7 Å². The Bertz CT molecular complexity index is 1080. The largest absolute Gasteiger partial charge is 0.480 e. The minimum Gasteiger partial charge on any atom is -0.480 e. The summed E-state index contributed by atoms with van der Waals surface area (Å²) < 4.78 is 7.96. The molecule has 1 saturated carbocycles. The summed E-state index contributed by atoms with van der Waals surface area (Å²) in [5, 5.41) is 9.55. The minimum atomic E-state index is -0.711. The summed E-state index contributed by atoms with van der Waals surface area (Å²) in [6.07, 6.45) is 7.37. The molecular weight excluding hydrogens is 404 g/mol. The second kappa shape index (κ2) is 9.31. The number of hydrogen-bond donors (Lipinski definition) is 2. The van der Waals surface area contributed by atoms with E-state index in [1.807, 2.05) is 43.3 Å². The normalized spacial score (nSPS) is 18.4. The number of carbonyl (C=O) groups excluding carboxylic acids is 2. The molecule has 1 aliphatic heterocycles. The lowest BCUT2D eigenvalue weighted by Crippen LogP contribution is -2.48. The highest BCUT2D eigenvalue weighted by molar-refractivity contribution is 6.02. The van der Waals surface area contributed by atoms with Crippen LogP contribution in [0.5, 0.6) is 5.75 Å². The lowest BCUT2D eigenvalue weighted by Gasteiger charge is -2.26. The number of nitriles is 1. The molecule has 2 amide bonds. The standard InChI is InChI=1S/C25H28N4O3/c1-16-12-19(17(2)29(16)21-9-4-3-5-10-21)13-20(15-26)24(30)27-28-25(31)23-14-18-8-6-7-11-22(18)32-23/h6-8,11-13,21,23H,3-5,9-10,14H2,1-2H3,(H,27,30)(H,28,31)/b20-13-. The zero-order valence-electron chi connectivity index (χ0n) is 18.5. The van der Waals surface area contributed by atoms with E-state index in [4.69, 9.17) is 4.74 Å². The Labute approximate surface area is 188 Å². The Balaban J connectivity index is 1.41. The van der Waals surface area contributed by atoms with Gasteiger partial charge in [0.15, 0.2) is 6.10 Å². The number of hydrazine groups is 1. The highest BCUT2D eigenvalue weighted by atomic mass is 16.5. The Morgan fingerprint density at radius 2 is 1.91 bits per heavy atom. The number of para-hydroxylation sites is 1. The van der Waals surface area contributed by atoms with Gasteiger partial charge in [-0.2, -0.15) is 5.26 Å². The number of nitrogens with one attached hydrogen (secondary N) is 2. The van der Waals surface area contributed by atoms with Crippen LogP contribution in [0.15, 0.2) is 35.9 Å². The topological polar surface area (TPSA) is 96.2 Å². The Morgan fingerprint density at radius 1 is 1.16 bits per heavy atom. The molecule has 1 unspecified atom stereocenters. The van der Waals surface area contributed by atoms with Gasteiger partial charge in [0.1, 0.15) is 17.4 Å². The molecule has 2 aliphatic rings. The Kier molecular flexibility index (Phi) is 6.31. The van der Waals surface area contributed by atoms with E-state index in [0.717, 1.165) is 35.4 Å².